The van der Waals surface area contributed by atoms with Gasteiger partial charge in [0.05, 0.1) is 20.6 Å². The van der Waals surface area contributed by atoms with Crippen molar-refractivity contribution < 1.29 is 0 Å². The molecule has 0 amide bonds. The third-order valence-corrected chi connectivity index (χ3v) is 9.20. The fourth-order valence-electron chi connectivity index (χ4n) is 5.39. The Hall–Kier alpha value is -3.99. The number of nitrogens with zero attached hydrogens (tertiary/aromatic N) is 2. The summed E-state index contributed by atoms with van der Waals surface area (Å²) in [6.45, 7) is 4.25. The zero-order valence-corrected chi connectivity index (χ0v) is 22.2. The van der Waals surface area contributed by atoms with Crippen LogP contribution < -0.4 is 0 Å². The van der Waals surface area contributed by atoms with Gasteiger partial charge in [0.25, 0.3) is 0 Å². The summed E-state index contributed by atoms with van der Waals surface area (Å²) in [7, 11) is 0. The number of thiophene rings is 1. The molecule has 4 heteroatoms. The van der Waals surface area contributed by atoms with Gasteiger partial charge in [-0.05, 0) is 66.3 Å². The second-order valence-corrected chi connectivity index (χ2v) is 11.2. The number of aromatic nitrogens is 2. The largest absolute Gasteiger partial charge is 0.309 e. The summed E-state index contributed by atoms with van der Waals surface area (Å²) in [5, 5.41) is 2.57. The van der Waals surface area contributed by atoms with E-state index in [1.807, 2.05) is 11.3 Å². The van der Waals surface area contributed by atoms with Crippen molar-refractivity contribution in [2.24, 2.45) is 0 Å². The number of allylic oxidation sites excluding steroid dienone is 1. The zero-order chi connectivity index (χ0) is 24.9. The quantitative estimate of drug-likeness (QED) is 0.229. The summed E-state index contributed by atoms with van der Waals surface area (Å²) in [5.74, 6) is 0. The molecule has 0 spiro atoms. The van der Waals surface area contributed by atoms with E-state index in [2.05, 4.69) is 128 Å². The summed E-state index contributed by atoms with van der Waals surface area (Å²) in [4.78, 5) is 2.58. The van der Waals surface area contributed by atoms with Crippen LogP contribution in [-0.2, 0) is 0 Å². The lowest BCUT2D eigenvalue weighted by Gasteiger charge is -2.09. The molecule has 0 aliphatic heterocycles. The Kier molecular flexibility index (Phi) is 5.31. The highest BCUT2D eigenvalue weighted by atomic mass is 32.1. The molecule has 0 aliphatic carbocycles. The predicted octanol–water partition coefficient (Wildman–Crippen LogP) is 10.1. The van der Waals surface area contributed by atoms with Crippen LogP contribution in [0.1, 0.15) is 17.4 Å². The van der Waals surface area contributed by atoms with Crippen LogP contribution in [0.4, 0.5) is 0 Å². The fourth-order valence-corrected chi connectivity index (χ4v) is 7.52. The van der Waals surface area contributed by atoms with Crippen LogP contribution in [-0.4, -0.2) is 8.94 Å². The normalized spacial score (nSPS) is 11.9. The number of aryl methyl sites for hydroxylation is 1. The van der Waals surface area contributed by atoms with E-state index >= 15 is 0 Å². The lowest BCUT2D eigenvalue weighted by Crippen LogP contribution is -1.92. The monoisotopic (exact) mass is 512 g/mol. The van der Waals surface area contributed by atoms with Gasteiger partial charge in [-0.25, -0.2) is 0 Å². The first-order valence-electron chi connectivity index (χ1n) is 12.4. The maximum absolute atomic E-state index is 4.82. The van der Waals surface area contributed by atoms with Crippen LogP contribution in [0.15, 0.2) is 103 Å². The minimum atomic E-state index is 1.13. The second-order valence-electron chi connectivity index (χ2n) is 9.23. The molecular formula is C33H24N2S2. The number of para-hydroxylation sites is 2. The highest BCUT2D eigenvalue weighted by Gasteiger charge is 2.18. The first kappa shape index (κ1) is 22.2. The molecule has 37 heavy (non-hydrogen) atoms. The van der Waals surface area contributed by atoms with Crippen molar-refractivity contribution in [3.63, 3.8) is 0 Å². The molecule has 0 radical (unpaired) electrons. The molecule has 0 unspecified atom stereocenters. The first-order valence-corrected chi connectivity index (χ1v) is 14.0. The van der Waals surface area contributed by atoms with E-state index in [1.54, 1.807) is 11.5 Å². The average Bonchev–Trinajstić information content (AvgIpc) is 3.60. The number of rotatable bonds is 4. The Bertz CT molecular complexity index is 1930. The van der Waals surface area contributed by atoms with Gasteiger partial charge in [0, 0.05) is 26.9 Å². The van der Waals surface area contributed by atoms with E-state index in [9.17, 15) is 0 Å². The maximum Gasteiger partial charge on any atom is 0.103 e. The van der Waals surface area contributed by atoms with Crippen LogP contribution >= 0.6 is 22.9 Å². The van der Waals surface area contributed by atoms with E-state index < -0.39 is 0 Å². The minimum Gasteiger partial charge on any atom is -0.309 e. The molecule has 3 aromatic heterocycles. The standard InChI is InChI=1S/C33H24N2S2/c1-3-10-25-21(2)36-33-31(25)34-37-32(33)23-19-17-22(18-20-23)26-14-9-16-29-30(26)27-13-7-8-15-28(27)35(29)24-11-5-4-6-12-24/h3-20H,1-2H3/b10-3-. The van der Waals surface area contributed by atoms with E-state index in [0.29, 0.717) is 0 Å². The van der Waals surface area contributed by atoms with Crippen LogP contribution in [0.2, 0.25) is 0 Å². The third-order valence-electron chi connectivity index (χ3n) is 7.04. The van der Waals surface area contributed by atoms with Gasteiger partial charge in [0.15, 0.2) is 0 Å². The lowest BCUT2D eigenvalue weighted by molar-refractivity contribution is 1.18. The first-order chi connectivity index (χ1) is 18.2. The Morgan fingerprint density at radius 2 is 1.49 bits per heavy atom. The molecule has 0 saturated heterocycles. The molecule has 0 bridgehead atoms. The molecule has 7 rings (SSSR count). The Morgan fingerprint density at radius 1 is 0.757 bits per heavy atom. The second kappa shape index (κ2) is 8.84. The molecule has 0 fully saturated rings. The maximum atomic E-state index is 4.82. The van der Waals surface area contributed by atoms with Crippen LogP contribution in [0.25, 0.3) is 65.4 Å². The minimum absolute atomic E-state index is 1.13. The van der Waals surface area contributed by atoms with Crippen LogP contribution in [0, 0.1) is 6.92 Å². The summed E-state index contributed by atoms with van der Waals surface area (Å²) in [6, 6.07) is 35.0. The molecule has 0 saturated carbocycles. The number of hydrogen-bond acceptors (Lipinski definition) is 3. The van der Waals surface area contributed by atoms with Gasteiger partial charge in [-0.3, -0.25) is 0 Å². The number of hydrogen-bond donors (Lipinski definition) is 0. The van der Waals surface area contributed by atoms with Crippen molar-refractivity contribution >= 4 is 61.0 Å². The third kappa shape index (κ3) is 3.48. The molecule has 178 valence electrons. The van der Waals surface area contributed by atoms with Gasteiger partial charge < -0.3 is 4.57 Å². The molecule has 3 heterocycles. The lowest BCUT2D eigenvalue weighted by atomic mass is 9.98. The van der Waals surface area contributed by atoms with E-state index in [4.69, 9.17) is 4.37 Å². The van der Waals surface area contributed by atoms with Gasteiger partial charge in [-0.15, -0.1) is 11.3 Å². The number of benzene rings is 4. The molecule has 7 aromatic rings. The molecule has 0 N–H and O–H groups in total. The van der Waals surface area contributed by atoms with Gasteiger partial charge in [0.1, 0.15) is 5.52 Å². The molecule has 4 aromatic carbocycles. The summed E-state index contributed by atoms with van der Waals surface area (Å²) >= 11 is 3.45. The van der Waals surface area contributed by atoms with Gasteiger partial charge in [-0.2, -0.15) is 4.37 Å². The molecule has 0 aliphatic rings. The van der Waals surface area contributed by atoms with Gasteiger partial charge in [-0.1, -0.05) is 84.9 Å². The Balaban J connectivity index is 1.39. The van der Waals surface area contributed by atoms with Crippen molar-refractivity contribution in [2.45, 2.75) is 13.8 Å². The van der Waals surface area contributed by atoms with Crippen molar-refractivity contribution in [1.82, 2.24) is 8.94 Å². The fraction of sp³-hybridized carbons (Fsp3) is 0.0606. The summed E-state index contributed by atoms with van der Waals surface area (Å²) in [6.07, 6.45) is 4.27. The topological polar surface area (TPSA) is 17.8 Å². The highest BCUT2D eigenvalue weighted by Crippen LogP contribution is 2.42. The van der Waals surface area contributed by atoms with Gasteiger partial charge in [0.2, 0.25) is 0 Å². The van der Waals surface area contributed by atoms with Crippen LogP contribution in [0.5, 0.6) is 0 Å². The highest BCUT2D eigenvalue weighted by molar-refractivity contribution is 7.24. The summed E-state index contributed by atoms with van der Waals surface area (Å²) < 4.78 is 8.48. The van der Waals surface area contributed by atoms with Crippen molar-refractivity contribution in [1.29, 1.82) is 0 Å². The Morgan fingerprint density at radius 3 is 2.30 bits per heavy atom. The van der Waals surface area contributed by atoms with E-state index in [-0.39, 0.29) is 0 Å². The zero-order valence-electron chi connectivity index (χ0n) is 20.6. The van der Waals surface area contributed by atoms with E-state index in [0.717, 1.165) is 5.52 Å². The smallest absolute Gasteiger partial charge is 0.103 e. The molecule has 2 nitrogen and oxygen atoms in total. The average molecular weight is 513 g/mol. The van der Waals surface area contributed by atoms with Crippen LogP contribution in [0.3, 0.4) is 0 Å². The van der Waals surface area contributed by atoms with Gasteiger partial charge >= 0.3 is 0 Å². The predicted molar refractivity (Wildman–Crippen MR) is 162 cm³/mol. The number of fused-ring (bicyclic) bond motifs is 4. The van der Waals surface area contributed by atoms with E-state index in [1.165, 1.54) is 64.2 Å². The summed E-state index contributed by atoms with van der Waals surface area (Å²) in [5.41, 5.74) is 9.72. The molecular weight excluding hydrogens is 489 g/mol. The molecule has 0 atom stereocenters. The van der Waals surface area contributed by atoms with Crippen molar-refractivity contribution in [2.75, 3.05) is 0 Å². The van der Waals surface area contributed by atoms with Crippen molar-refractivity contribution in [3.8, 4) is 27.3 Å². The van der Waals surface area contributed by atoms with Crippen molar-refractivity contribution in [3.05, 3.63) is 114 Å². The Labute approximate surface area is 223 Å². The SMILES string of the molecule is C/C=C\c1c(C)sc2c(-c3ccc(-c4cccc5c4c4ccccc4n5-c4ccccc4)cc3)snc12.